The van der Waals surface area contributed by atoms with E-state index in [0.717, 1.165) is 30.3 Å². The van der Waals surface area contributed by atoms with Crippen molar-refractivity contribution in [3.63, 3.8) is 0 Å². The molecule has 2 heterocycles. The lowest BCUT2D eigenvalue weighted by Gasteiger charge is -2.01. The maximum atomic E-state index is 11.4. The van der Waals surface area contributed by atoms with Gasteiger partial charge in [0, 0.05) is 17.9 Å². The van der Waals surface area contributed by atoms with Crippen molar-refractivity contribution in [1.29, 1.82) is 0 Å². The van der Waals surface area contributed by atoms with Crippen molar-refractivity contribution < 1.29 is 8.42 Å². The topological polar surface area (TPSA) is 64.3 Å². The lowest BCUT2D eigenvalue weighted by Crippen LogP contribution is -2.08. The molecular weight excluding hydrogens is 226 g/mol. The number of aromatic nitrogens is 3. The van der Waals surface area contributed by atoms with Crippen LogP contribution in [-0.4, -0.2) is 29.3 Å². The summed E-state index contributed by atoms with van der Waals surface area (Å²) in [5.41, 5.74) is 1.93. The Balaban J connectivity index is 2.25. The predicted octanol–water partition coefficient (Wildman–Crippen LogP) is 1.01. The quantitative estimate of drug-likeness (QED) is 0.782. The SMILES string of the molecule is CS(=O)(=O)c1ncc2ccc(C3CC3)n2n1. The van der Waals surface area contributed by atoms with Gasteiger partial charge in [0.15, 0.2) is 0 Å². The minimum Gasteiger partial charge on any atom is -0.233 e. The average molecular weight is 237 g/mol. The monoisotopic (exact) mass is 237 g/mol. The molecule has 5 nitrogen and oxygen atoms in total. The Bertz CT molecular complexity index is 656. The van der Waals surface area contributed by atoms with E-state index in [1.54, 1.807) is 10.7 Å². The number of sulfone groups is 1. The van der Waals surface area contributed by atoms with Crippen LogP contribution in [0.25, 0.3) is 5.52 Å². The van der Waals surface area contributed by atoms with Crippen LogP contribution in [0.5, 0.6) is 0 Å². The van der Waals surface area contributed by atoms with Gasteiger partial charge in [0.1, 0.15) is 0 Å². The van der Waals surface area contributed by atoms with E-state index in [9.17, 15) is 8.42 Å². The second kappa shape index (κ2) is 3.04. The van der Waals surface area contributed by atoms with Gasteiger partial charge in [-0.25, -0.2) is 17.9 Å². The van der Waals surface area contributed by atoms with Crippen LogP contribution < -0.4 is 0 Å². The van der Waals surface area contributed by atoms with Gasteiger partial charge in [-0.1, -0.05) is 0 Å². The molecular formula is C10H11N3O2S. The van der Waals surface area contributed by atoms with Gasteiger partial charge in [0.05, 0.1) is 11.7 Å². The van der Waals surface area contributed by atoms with E-state index >= 15 is 0 Å². The van der Waals surface area contributed by atoms with Gasteiger partial charge in [0.2, 0.25) is 9.84 Å². The Morgan fingerprint density at radius 2 is 2.12 bits per heavy atom. The second-order valence-corrected chi connectivity index (χ2v) is 6.09. The summed E-state index contributed by atoms with van der Waals surface area (Å²) in [6.45, 7) is 0. The molecule has 0 N–H and O–H groups in total. The summed E-state index contributed by atoms with van der Waals surface area (Å²) in [4.78, 5) is 3.85. The van der Waals surface area contributed by atoms with E-state index < -0.39 is 9.84 Å². The summed E-state index contributed by atoms with van der Waals surface area (Å²) in [5.74, 6) is 0.532. The largest absolute Gasteiger partial charge is 0.265 e. The zero-order valence-electron chi connectivity index (χ0n) is 8.79. The molecule has 2 aromatic rings. The molecule has 0 amide bonds. The maximum absolute atomic E-state index is 11.4. The number of hydrogen-bond donors (Lipinski definition) is 0. The molecule has 0 aliphatic heterocycles. The summed E-state index contributed by atoms with van der Waals surface area (Å²) in [5, 5.41) is 3.97. The molecule has 16 heavy (non-hydrogen) atoms. The van der Waals surface area contributed by atoms with Crippen LogP contribution in [-0.2, 0) is 9.84 Å². The minimum atomic E-state index is -3.34. The van der Waals surface area contributed by atoms with Crippen molar-refractivity contribution in [2.75, 3.05) is 6.26 Å². The molecule has 2 aromatic heterocycles. The number of fused-ring (bicyclic) bond motifs is 1. The summed E-state index contributed by atoms with van der Waals surface area (Å²) >= 11 is 0. The fourth-order valence-corrected chi connectivity index (χ4v) is 2.24. The average Bonchev–Trinajstić information content (AvgIpc) is 2.96. The Kier molecular flexibility index (Phi) is 1.85. The molecule has 1 aliphatic carbocycles. The van der Waals surface area contributed by atoms with Crippen LogP contribution in [0.2, 0.25) is 0 Å². The molecule has 1 fully saturated rings. The standard InChI is InChI=1S/C10H11N3O2S/c1-16(14,15)10-11-6-8-4-5-9(7-2-3-7)13(8)12-10/h4-7H,2-3H2,1H3. The fraction of sp³-hybridized carbons (Fsp3) is 0.400. The first-order valence-corrected chi connectivity index (χ1v) is 6.99. The molecule has 0 spiro atoms. The smallest absolute Gasteiger partial charge is 0.233 e. The van der Waals surface area contributed by atoms with Crippen LogP contribution in [0.15, 0.2) is 23.5 Å². The van der Waals surface area contributed by atoms with Crippen LogP contribution >= 0.6 is 0 Å². The zero-order chi connectivity index (χ0) is 11.3. The van der Waals surface area contributed by atoms with Crippen molar-refractivity contribution in [2.24, 2.45) is 0 Å². The van der Waals surface area contributed by atoms with Crippen molar-refractivity contribution in [3.8, 4) is 0 Å². The first-order valence-electron chi connectivity index (χ1n) is 5.10. The van der Waals surface area contributed by atoms with Crippen molar-refractivity contribution in [1.82, 2.24) is 14.6 Å². The van der Waals surface area contributed by atoms with Crippen molar-refractivity contribution >= 4 is 15.4 Å². The normalized spacial score (nSPS) is 16.8. The van der Waals surface area contributed by atoms with Gasteiger partial charge in [-0.05, 0) is 25.0 Å². The zero-order valence-corrected chi connectivity index (χ0v) is 9.61. The maximum Gasteiger partial charge on any atom is 0.265 e. The highest BCUT2D eigenvalue weighted by Gasteiger charge is 2.27. The molecule has 3 rings (SSSR count). The summed E-state index contributed by atoms with van der Waals surface area (Å²) in [6.07, 6.45) is 4.98. The van der Waals surface area contributed by atoms with E-state index in [1.165, 1.54) is 0 Å². The molecule has 0 unspecified atom stereocenters. The molecule has 6 heteroatoms. The van der Waals surface area contributed by atoms with Crippen LogP contribution in [0.4, 0.5) is 0 Å². The van der Waals surface area contributed by atoms with Gasteiger partial charge in [-0.2, -0.15) is 0 Å². The molecule has 0 radical (unpaired) electrons. The first-order chi connectivity index (χ1) is 7.55. The Morgan fingerprint density at radius 3 is 2.75 bits per heavy atom. The van der Waals surface area contributed by atoms with E-state index in [1.807, 2.05) is 12.1 Å². The van der Waals surface area contributed by atoms with Gasteiger partial charge in [0.25, 0.3) is 5.16 Å². The molecule has 0 saturated heterocycles. The summed E-state index contributed by atoms with van der Waals surface area (Å²) in [6, 6.07) is 3.91. The Morgan fingerprint density at radius 1 is 1.38 bits per heavy atom. The molecule has 1 saturated carbocycles. The third-order valence-corrected chi connectivity index (χ3v) is 3.58. The molecule has 1 aliphatic rings. The van der Waals surface area contributed by atoms with Crippen LogP contribution in [0.1, 0.15) is 24.5 Å². The van der Waals surface area contributed by atoms with Gasteiger partial charge >= 0.3 is 0 Å². The second-order valence-electron chi connectivity index (χ2n) is 4.18. The summed E-state index contributed by atoms with van der Waals surface area (Å²) < 4.78 is 24.4. The number of hydrogen-bond acceptors (Lipinski definition) is 4. The van der Waals surface area contributed by atoms with E-state index in [-0.39, 0.29) is 5.16 Å². The lowest BCUT2D eigenvalue weighted by atomic mass is 10.3. The van der Waals surface area contributed by atoms with Crippen LogP contribution in [0.3, 0.4) is 0 Å². The first kappa shape index (κ1) is 9.77. The summed E-state index contributed by atoms with van der Waals surface area (Å²) in [7, 11) is -3.34. The van der Waals surface area contributed by atoms with E-state index in [0.29, 0.717) is 5.92 Å². The molecule has 0 bridgehead atoms. The van der Waals surface area contributed by atoms with Gasteiger partial charge in [-0.15, -0.1) is 5.10 Å². The van der Waals surface area contributed by atoms with E-state index in [2.05, 4.69) is 10.1 Å². The molecule has 0 atom stereocenters. The molecule has 0 aromatic carbocycles. The third kappa shape index (κ3) is 1.49. The van der Waals surface area contributed by atoms with Crippen LogP contribution in [0, 0.1) is 0 Å². The fourth-order valence-electron chi connectivity index (χ4n) is 1.76. The van der Waals surface area contributed by atoms with Gasteiger partial charge in [-0.3, -0.25) is 0 Å². The third-order valence-electron chi connectivity index (χ3n) is 2.73. The number of rotatable bonds is 2. The molecule has 84 valence electrons. The van der Waals surface area contributed by atoms with E-state index in [4.69, 9.17) is 0 Å². The Labute approximate surface area is 93.0 Å². The van der Waals surface area contributed by atoms with Crippen molar-refractivity contribution in [3.05, 3.63) is 24.0 Å². The minimum absolute atomic E-state index is 0.113. The number of nitrogens with zero attached hydrogens (tertiary/aromatic N) is 3. The van der Waals surface area contributed by atoms with Crippen molar-refractivity contribution in [2.45, 2.75) is 23.9 Å². The Hall–Kier alpha value is -1.43. The van der Waals surface area contributed by atoms with Gasteiger partial charge < -0.3 is 0 Å². The highest BCUT2D eigenvalue weighted by molar-refractivity contribution is 7.90. The predicted molar refractivity (Wildman–Crippen MR) is 58.1 cm³/mol. The highest BCUT2D eigenvalue weighted by atomic mass is 32.2. The highest BCUT2D eigenvalue weighted by Crippen LogP contribution is 2.40. The lowest BCUT2D eigenvalue weighted by molar-refractivity contribution is 0.586.